The van der Waals surface area contributed by atoms with E-state index >= 15 is 0 Å². The van der Waals surface area contributed by atoms with Crippen LogP contribution in [-0.2, 0) is 11.3 Å². The van der Waals surface area contributed by atoms with Gasteiger partial charge in [-0.3, -0.25) is 4.90 Å². The highest BCUT2D eigenvalue weighted by Gasteiger charge is 2.25. The lowest BCUT2D eigenvalue weighted by atomic mass is 10.2. The zero-order valence-electron chi connectivity index (χ0n) is 13.4. The van der Waals surface area contributed by atoms with Crippen LogP contribution in [0.15, 0.2) is 40.2 Å². The topological polar surface area (TPSA) is 64.3 Å². The van der Waals surface area contributed by atoms with Crippen molar-refractivity contribution in [1.82, 2.24) is 20.0 Å². The number of ether oxygens (including phenoxy) is 1. The molecule has 0 aliphatic carbocycles. The van der Waals surface area contributed by atoms with Crippen molar-refractivity contribution in [3.05, 3.63) is 52.4 Å². The van der Waals surface area contributed by atoms with Gasteiger partial charge in [0.1, 0.15) is 11.1 Å². The Labute approximate surface area is 144 Å². The molecule has 0 spiro atoms. The van der Waals surface area contributed by atoms with Gasteiger partial charge in [-0.05, 0) is 6.92 Å². The Morgan fingerprint density at radius 1 is 1.25 bits per heavy atom. The molecule has 0 amide bonds. The monoisotopic (exact) mass is 342 g/mol. The molecule has 7 heteroatoms. The molecule has 0 N–H and O–H groups in total. The molecule has 4 rings (SSSR count). The van der Waals surface area contributed by atoms with Crippen LogP contribution in [0.5, 0.6) is 0 Å². The van der Waals surface area contributed by atoms with E-state index in [1.54, 1.807) is 11.3 Å². The third kappa shape index (κ3) is 3.38. The molecule has 124 valence electrons. The van der Waals surface area contributed by atoms with Gasteiger partial charge in [0, 0.05) is 24.0 Å². The van der Waals surface area contributed by atoms with Gasteiger partial charge in [-0.25, -0.2) is 4.98 Å². The van der Waals surface area contributed by atoms with Crippen LogP contribution in [0.2, 0.25) is 0 Å². The lowest BCUT2D eigenvalue weighted by molar-refractivity contribution is -0.0356. The van der Waals surface area contributed by atoms with Crippen LogP contribution in [0.3, 0.4) is 0 Å². The molecule has 0 saturated carbocycles. The summed E-state index contributed by atoms with van der Waals surface area (Å²) >= 11 is 1.65. The Morgan fingerprint density at radius 2 is 2.12 bits per heavy atom. The highest BCUT2D eigenvalue weighted by molar-refractivity contribution is 7.10. The first-order chi connectivity index (χ1) is 11.8. The average molecular weight is 342 g/mol. The van der Waals surface area contributed by atoms with E-state index in [9.17, 15) is 0 Å². The van der Waals surface area contributed by atoms with Crippen molar-refractivity contribution >= 4 is 11.3 Å². The third-order valence-electron chi connectivity index (χ3n) is 3.95. The van der Waals surface area contributed by atoms with E-state index in [1.165, 1.54) is 0 Å². The standard InChI is InChI=1S/C17H18N4O2S/c1-12-18-16(23-20-12)10-21-7-8-22-15(9-21)17-19-14(11-24-17)13-5-3-2-4-6-13/h2-6,11,15H,7-10H2,1H3/t15-/m1/s1. The van der Waals surface area contributed by atoms with Gasteiger partial charge in [-0.15, -0.1) is 11.3 Å². The van der Waals surface area contributed by atoms with Crippen LogP contribution in [0.4, 0.5) is 0 Å². The van der Waals surface area contributed by atoms with E-state index in [0.717, 1.165) is 29.4 Å². The number of benzene rings is 1. The largest absolute Gasteiger partial charge is 0.368 e. The van der Waals surface area contributed by atoms with Crippen LogP contribution >= 0.6 is 11.3 Å². The minimum atomic E-state index is -0.00905. The Hall–Kier alpha value is -2.09. The minimum absolute atomic E-state index is 0.00905. The average Bonchev–Trinajstić information content (AvgIpc) is 3.25. The van der Waals surface area contributed by atoms with Crippen molar-refractivity contribution in [2.75, 3.05) is 19.7 Å². The van der Waals surface area contributed by atoms with Crippen LogP contribution in [0.1, 0.15) is 22.8 Å². The smallest absolute Gasteiger partial charge is 0.240 e. The molecule has 1 fully saturated rings. The number of hydrogen-bond donors (Lipinski definition) is 0. The van der Waals surface area contributed by atoms with Gasteiger partial charge in [0.15, 0.2) is 5.82 Å². The molecule has 3 aromatic rings. The Balaban J connectivity index is 1.45. The Kier molecular flexibility index (Phi) is 4.38. The van der Waals surface area contributed by atoms with E-state index in [0.29, 0.717) is 24.9 Å². The molecule has 0 bridgehead atoms. The van der Waals surface area contributed by atoms with E-state index in [1.807, 2.05) is 25.1 Å². The van der Waals surface area contributed by atoms with Crippen molar-refractivity contribution in [2.24, 2.45) is 0 Å². The number of thiazole rings is 1. The maximum Gasteiger partial charge on any atom is 0.240 e. The number of hydrogen-bond acceptors (Lipinski definition) is 7. The van der Waals surface area contributed by atoms with Gasteiger partial charge >= 0.3 is 0 Å². The third-order valence-corrected chi connectivity index (χ3v) is 4.88. The normalized spacial score (nSPS) is 18.8. The summed E-state index contributed by atoms with van der Waals surface area (Å²) in [6.45, 7) is 4.80. The van der Waals surface area contributed by atoms with Crippen molar-refractivity contribution in [3.63, 3.8) is 0 Å². The van der Waals surface area contributed by atoms with Gasteiger partial charge in [0.2, 0.25) is 5.89 Å². The second-order valence-corrected chi connectivity index (χ2v) is 6.66. The first-order valence-electron chi connectivity index (χ1n) is 7.92. The molecule has 1 saturated heterocycles. The van der Waals surface area contributed by atoms with Gasteiger partial charge in [-0.2, -0.15) is 4.98 Å². The zero-order valence-corrected chi connectivity index (χ0v) is 14.2. The minimum Gasteiger partial charge on any atom is -0.368 e. The van der Waals surface area contributed by atoms with Crippen molar-refractivity contribution in [2.45, 2.75) is 19.6 Å². The fraction of sp³-hybridized carbons (Fsp3) is 0.353. The second kappa shape index (κ2) is 6.80. The van der Waals surface area contributed by atoms with E-state index in [4.69, 9.17) is 14.2 Å². The fourth-order valence-corrected chi connectivity index (χ4v) is 3.63. The van der Waals surface area contributed by atoms with Crippen LogP contribution in [0.25, 0.3) is 11.3 Å². The summed E-state index contributed by atoms with van der Waals surface area (Å²) in [5.41, 5.74) is 2.14. The van der Waals surface area contributed by atoms with Gasteiger partial charge in [-0.1, -0.05) is 35.5 Å². The SMILES string of the molecule is Cc1noc(CN2CCO[C@@H](c3nc(-c4ccccc4)cs3)C2)n1. The summed E-state index contributed by atoms with van der Waals surface area (Å²) < 4.78 is 11.1. The number of nitrogens with zero attached hydrogens (tertiary/aromatic N) is 4. The molecule has 0 unspecified atom stereocenters. The highest BCUT2D eigenvalue weighted by Crippen LogP contribution is 2.29. The molecule has 1 atom stereocenters. The van der Waals surface area contributed by atoms with Gasteiger partial charge in [0.25, 0.3) is 0 Å². The van der Waals surface area contributed by atoms with Crippen molar-refractivity contribution < 1.29 is 9.26 Å². The maximum atomic E-state index is 5.93. The Bertz CT molecular complexity index is 802. The molecule has 2 aromatic heterocycles. The van der Waals surface area contributed by atoms with E-state index in [2.05, 4.69) is 32.6 Å². The van der Waals surface area contributed by atoms with Crippen LogP contribution in [-0.4, -0.2) is 39.7 Å². The van der Waals surface area contributed by atoms with E-state index < -0.39 is 0 Å². The molecular formula is C17H18N4O2S. The lowest BCUT2D eigenvalue weighted by Crippen LogP contribution is -2.37. The number of rotatable bonds is 4. The number of aryl methyl sites for hydroxylation is 1. The molecule has 0 radical (unpaired) electrons. The Morgan fingerprint density at radius 3 is 2.92 bits per heavy atom. The summed E-state index contributed by atoms with van der Waals surface area (Å²) in [4.78, 5) is 11.3. The molecule has 1 aromatic carbocycles. The molecule has 24 heavy (non-hydrogen) atoms. The molecule has 1 aliphatic heterocycles. The van der Waals surface area contributed by atoms with Crippen LogP contribution < -0.4 is 0 Å². The summed E-state index contributed by atoms with van der Waals surface area (Å²) in [6.07, 6.45) is -0.00905. The maximum absolute atomic E-state index is 5.93. The molecular weight excluding hydrogens is 324 g/mol. The number of aromatic nitrogens is 3. The van der Waals surface area contributed by atoms with E-state index in [-0.39, 0.29) is 6.10 Å². The zero-order chi connectivity index (χ0) is 16.4. The fourth-order valence-electron chi connectivity index (χ4n) is 2.77. The lowest BCUT2D eigenvalue weighted by Gasteiger charge is -2.30. The predicted molar refractivity (Wildman–Crippen MR) is 90.6 cm³/mol. The quantitative estimate of drug-likeness (QED) is 0.726. The van der Waals surface area contributed by atoms with Gasteiger partial charge < -0.3 is 9.26 Å². The molecule has 3 heterocycles. The summed E-state index contributed by atoms with van der Waals surface area (Å²) in [7, 11) is 0. The summed E-state index contributed by atoms with van der Waals surface area (Å²) in [6, 6.07) is 10.2. The summed E-state index contributed by atoms with van der Waals surface area (Å²) in [5, 5.41) is 6.95. The summed E-state index contributed by atoms with van der Waals surface area (Å²) in [5.74, 6) is 1.32. The van der Waals surface area contributed by atoms with Crippen molar-refractivity contribution in [3.8, 4) is 11.3 Å². The first kappa shape index (κ1) is 15.4. The van der Waals surface area contributed by atoms with Crippen molar-refractivity contribution in [1.29, 1.82) is 0 Å². The van der Waals surface area contributed by atoms with Gasteiger partial charge in [0.05, 0.1) is 18.8 Å². The molecule has 1 aliphatic rings. The highest BCUT2D eigenvalue weighted by atomic mass is 32.1. The predicted octanol–water partition coefficient (Wildman–Crippen LogP) is 3.08. The first-order valence-corrected chi connectivity index (χ1v) is 8.80. The second-order valence-electron chi connectivity index (χ2n) is 5.77. The van der Waals surface area contributed by atoms with Crippen LogP contribution in [0, 0.1) is 6.92 Å². The molecule has 6 nitrogen and oxygen atoms in total. The number of morpholine rings is 1.